The van der Waals surface area contributed by atoms with E-state index >= 15 is 0 Å². The Morgan fingerprint density at radius 3 is 1.18 bits per heavy atom. The Morgan fingerprint density at radius 1 is 0.487 bits per heavy atom. The third-order valence-electron chi connectivity index (χ3n) is 8.35. The lowest BCUT2D eigenvalue weighted by atomic mass is 10.1. The van der Waals surface area contributed by atoms with Crippen molar-refractivity contribution < 1.29 is 5.11 Å². The van der Waals surface area contributed by atoms with Crippen molar-refractivity contribution in [2.45, 2.75) is 187 Å². The Kier molecular flexibility index (Phi) is 33.9. The number of nitrogens with one attached hydrogen (secondary N) is 1. The minimum Gasteiger partial charge on any atom is -0.390 e. The molecular weight excluding hydrogens is 478 g/mol. The first-order valence-electron chi connectivity index (χ1n) is 18.1. The highest BCUT2D eigenvalue weighted by atomic mass is 16.3. The average molecular weight is 554 g/mol. The molecule has 0 rings (SSSR count). The summed E-state index contributed by atoms with van der Waals surface area (Å²) < 4.78 is 0. The highest BCUT2D eigenvalue weighted by molar-refractivity contribution is 4.66. The zero-order valence-electron chi connectivity index (χ0n) is 27.2. The first-order valence-corrected chi connectivity index (χ1v) is 18.1. The van der Waals surface area contributed by atoms with Gasteiger partial charge in [0.15, 0.2) is 0 Å². The topological polar surface area (TPSA) is 61.5 Å². The molecule has 0 fully saturated rings. The minimum atomic E-state index is -0.383. The molecule has 1 atom stereocenters. The average Bonchev–Trinajstić information content (AvgIpc) is 2.94. The molecule has 0 amide bonds. The van der Waals surface area contributed by atoms with Crippen LogP contribution in [0.4, 0.5) is 0 Å². The van der Waals surface area contributed by atoms with Crippen LogP contribution in [0.5, 0.6) is 0 Å². The number of nitrogens with two attached hydrogens (primary N) is 1. The predicted molar refractivity (Wildman–Crippen MR) is 176 cm³/mol. The zero-order chi connectivity index (χ0) is 28.5. The van der Waals surface area contributed by atoms with E-state index in [0.29, 0.717) is 6.54 Å². The van der Waals surface area contributed by atoms with E-state index < -0.39 is 0 Å². The van der Waals surface area contributed by atoms with Crippen LogP contribution in [0.3, 0.4) is 0 Å². The van der Waals surface area contributed by atoms with E-state index in [1.807, 2.05) is 0 Å². The van der Waals surface area contributed by atoms with Crippen molar-refractivity contribution in [1.29, 1.82) is 0 Å². The normalized spacial score (nSPS) is 12.5. The molecule has 4 nitrogen and oxygen atoms in total. The van der Waals surface area contributed by atoms with Crippen molar-refractivity contribution in [2.24, 2.45) is 5.73 Å². The molecule has 0 aromatic carbocycles. The van der Waals surface area contributed by atoms with Gasteiger partial charge in [0.2, 0.25) is 0 Å². The minimum absolute atomic E-state index is 0.371. The molecule has 0 aromatic heterocycles. The summed E-state index contributed by atoms with van der Waals surface area (Å²) in [5.74, 6) is 0. The molecule has 0 spiro atoms. The number of hydrogen-bond donors (Lipinski definition) is 3. The SMILES string of the molecule is CCCCCCCCCCCCCCNCCCCN(CCCCCCCCCCCCCC)CC(O)CN. The van der Waals surface area contributed by atoms with Crippen LogP contribution < -0.4 is 11.1 Å². The zero-order valence-corrected chi connectivity index (χ0v) is 27.2. The highest BCUT2D eigenvalue weighted by Crippen LogP contribution is 2.13. The lowest BCUT2D eigenvalue weighted by Gasteiger charge is -2.24. The molecule has 0 saturated carbocycles. The standard InChI is InChI=1S/C35H75N3O/c1-3-5-7-9-11-13-15-17-19-21-23-25-29-37-30-26-28-32-38(34-35(39)33-36)31-27-24-22-20-18-16-14-12-10-8-6-4-2/h35,37,39H,3-34,36H2,1-2H3. The summed E-state index contributed by atoms with van der Waals surface area (Å²) in [4.78, 5) is 2.46. The summed E-state index contributed by atoms with van der Waals surface area (Å²) >= 11 is 0. The van der Waals surface area contributed by atoms with Gasteiger partial charge in [0.25, 0.3) is 0 Å². The lowest BCUT2D eigenvalue weighted by Crippen LogP contribution is -2.37. The molecule has 0 aliphatic rings. The Morgan fingerprint density at radius 2 is 0.795 bits per heavy atom. The van der Waals surface area contributed by atoms with Gasteiger partial charge in [-0.3, -0.25) is 0 Å². The fourth-order valence-corrected chi connectivity index (χ4v) is 5.64. The largest absolute Gasteiger partial charge is 0.390 e. The van der Waals surface area contributed by atoms with Crippen LogP contribution in [0.1, 0.15) is 181 Å². The molecular formula is C35H75N3O. The molecule has 4 heteroatoms. The summed E-state index contributed by atoms with van der Waals surface area (Å²) in [6.45, 7) is 10.2. The van der Waals surface area contributed by atoms with Gasteiger partial charge in [-0.1, -0.05) is 155 Å². The van der Waals surface area contributed by atoms with Crippen LogP contribution in [-0.2, 0) is 0 Å². The molecule has 39 heavy (non-hydrogen) atoms. The van der Waals surface area contributed by atoms with Crippen LogP contribution in [0, 0.1) is 0 Å². The second-order valence-electron chi connectivity index (χ2n) is 12.4. The third-order valence-corrected chi connectivity index (χ3v) is 8.35. The number of rotatable bonds is 34. The summed E-state index contributed by atoms with van der Waals surface area (Å²) in [5.41, 5.74) is 5.70. The fraction of sp³-hybridized carbons (Fsp3) is 1.00. The Bertz CT molecular complexity index is 434. The molecule has 1 unspecified atom stereocenters. The van der Waals surface area contributed by atoms with E-state index in [1.165, 1.54) is 173 Å². The van der Waals surface area contributed by atoms with Crippen molar-refractivity contribution in [1.82, 2.24) is 10.2 Å². The Labute approximate surface area is 247 Å². The van der Waals surface area contributed by atoms with Gasteiger partial charge in [0, 0.05) is 13.1 Å². The molecule has 236 valence electrons. The van der Waals surface area contributed by atoms with Crippen molar-refractivity contribution >= 4 is 0 Å². The molecule has 0 radical (unpaired) electrons. The molecule has 4 N–H and O–H groups in total. The van der Waals surface area contributed by atoms with Gasteiger partial charge in [0.1, 0.15) is 0 Å². The maximum Gasteiger partial charge on any atom is 0.0789 e. The first kappa shape index (κ1) is 38.8. The molecule has 0 aliphatic heterocycles. The van der Waals surface area contributed by atoms with Crippen molar-refractivity contribution in [3.63, 3.8) is 0 Å². The molecule has 0 aromatic rings. The van der Waals surface area contributed by atoms with E-state index in [9.17, 15) is 5.11 Å². The van der Waals surface area contributed by atoms with Gasteiger partial charge < -0.3 is 21.1 Å². The second kappa shape index (κ2) is 34.0. The Balaban J connectivity index is 3.56. The maximum absolute atomic E-state index is 10.1. The third kappa shape index (κ3) is 32.2. The van der Waals surface area contributed by atoms with Crippen LogP contribution in [0.2, 0.25) is 0 Å². The first-order chi connectivity index (χ1) is 19.2. The van der Waals surface area contributed by atoms with Crippen molar-refractivity contribution in [2.75, 3.05) is 39.3 Å². The van der Waals surface area contributed by atoms with E-state index in [1.54, 1.807) is 0 Å². The van der Waals surface area contributed by atoms with E-state index in [-0.39, 0.29) is 6.10 Å². The van der Waals surface area contributed by atoms with Crippen LogP contribution in [0.15, 0.2) is 0 Å². The van der Waals surface area contributed by atoms with Crippen molar-refractivity contribution in [3.05, 3.63) is 0 Å². The summed E-state index contributed by atoms with van der Waals surface area (Å²) in [7, 11) is 0. The van der Waals surface area contributed by atoms with Gasteiger partial charge >= 0.3 is 0 Å². The van der Waals surface area contributed by atoms with E-state index in [2.05, 4.69) is 24.1 Å². The predicted octanol–water partition coefficient (Wildman–Crippen LogP) is 9.38. The smallest absolute Gasteiger partial charge is 0.0789 e. The summed E-state index contributed by atoms with van der Waals surface area (Å²) in [5, 5.41) is 13.7. The maximum atomic E-state index is 10.1. The molecule has 0 bridgehead atoms. The van der Waals surface area contributed by atoms with Crippen LogP contribution >= 0.6 is 0 Å². The number of hydrogen-bond acceptors (Lipinski definition) is 4. The number of nitrogens with zero attached hydrogens (tertiary/aromatic N) is 1. The number of aliphatic hydroxyl groups is 1. The van der Waals surface area contributed by atoms with E-state index in [0.717, 1.165) is 26.2 Å². The van der Waals surface area contributed by atoms with Gasteiger partial charge in [0.05, 0.1) is 6.10 Å². The lowest BCUT2D eigenvalue weighted by molar-refractivity contribution is 0.116. The quantitative estimate of drug-likeness (QED) is 0.0695. The number of aliphatic hydroxyl groups excluding tert-OH is 1. The Hall–Kier alpha value is -0.160. The van der Waals surface area contributed by atoms with Crippen LogP contribution in [0.25, 0.3) is 0 Å². The fourth-order valence-electron chi connectivity index (χ4n) is 5.64. The van der Waals surface area contributed by atoms with Gasteiger partial charge in [-0.2, -0.15) is 0 Å². The van der Waals surface area contributed by atoms with Gasteiger partial charge in [-0.05, 0) is 51.9 Å². The summed E-state index contributed by atoms with van der Waals surface area (Å²) in [6.07, 6.45) is 35.7. The van der Waals surface area contributed by atoms with Gasteiger partial charge in [-0.15, -0.1) is 0 Å². The molecule has 0 saturated heterocycles. The van der Waals surface area contributed by atoms with Crippen molar-refractivity contribution in [3.8, 4) is 0 Å². The monoisotopic (exact) mass is 554 g/mol. The molecule has 0 aliphatic carbocycles. The molecule has 0 heterocycles. The van der Waals surface area contributed by atoms with Gasteiger partial charge in [-0.25, -0.2) is 0 Å². The van der Waals surface area contributed by atoms with E-state index in [4.69, 9.17) is 5.73 Å². The highest BCUT2D eigenvalue weighted by Gasteiger charge is 2.10. The van der Waals surface area contributed by atoms with Crippen LogP contribution in [-0.4, -0.2) is 55.4 Å². The summed E-state index contributed by atoms with van der Waals surface area (Å²) in [6, 6.07) is 0. The second-order valence-corrected chi connectivity index (χ2v) is 12.4. The number of unbranched alkanes of at least 4 members (excludes halogenated alkanes) is 23.